The highest BCUT2D eigenvalue weighted by Gasteiger charge is 2.31. The molecule has 0 radical (unpaired) electrons. The Hall–Kier alpha value is -1.88. The zero-order valence-corrected chi connectivity index (χ0v) is 13.3. The number of nitrogens with zero attached hydrogens (tertiary/aromatic N) is 2. The van der Waals surface area contributed by atoms with Crippen molar-refractivity contribution in [1.29, 1.82) is 0 Å². The van der Waals surface area contributed by atoms with Gasteiger partial charge in [0.2, 0.25) is 5.82 Å². The predicted octanol–water partition coefficient (Wildman–Crippen LogP) is 3.75. The maximum Gasteiger partial charge on any atom is 0.258 e. The Balaban J connectivity index is 2.36. The summed E-state index contributed by atoms with van der Waals surface area (Å²) in [5.41, 5.74) is 8.29. The molecule has 0 aliphatic heterocycles. The number of ether oxygens (including phenoxy) is 1. The fourth-order valence-electron chi connectivity index (χ4n) is 2.26. The average Bonchev–Trinajstić information content (AvgIpc) is 2.83. The molecular weight excluding hydrogens is 266 g/mol. The summed E-state index contributed by atoms with van der Waals surface area (Å²) < 4.78 is 11.2. The maximum absolute atomic E-state index is 5.79. The van der Waals surface area contributed by atoms with E-state index in [1.165, 1.54) is 0 Å². The van der Waals surface area contributed by atoms with E-state index in [2.05, 4.69) is 30.9 Å². The minimum absolute atomic E-state index is 0.104. The van der Waals surface area contributed by atoms with Gasteiger partial charge in [-0.3, -0.25) is 0 Å². The lowest BCUT2D eigenvalue weighted by atomic mass is 9.88. The van der Waals surface area contributed by atoms with E-state index in [0.717, 1.165) is 16.8 Å². The third-order valence-corrected chi connectivity index (χ3v) is 3.28. The first-order valence-corrected chi connectivity index (χ1v) is 7.14. The molecule has 2 N–H and O–H groups in total. The molecule has 0 saturated carbocycles. The normalized spacial score (nSPS) is 13.4. The highest BCUT2D eigenvalue weighted by atomic mass is 16.5. The van der Waals surface area contributed by atoms with Gasteiger partial charge in [0.25, 0.3) is 5.89 Å². The largest absolute Gasteiger partial charge is 0.399 e. The van der Waals surface area contributed by atoms with Crippen molar-refractivity contribution < 1.29 is 9.26 Å². The minimum Gasteiger partial charge on any atom is -0.399 e. The molecule has 1 atom stereocenters. The standard InChI is InChI=1S/C16H23N3O2/c1-6-20-13(16(3,4)5)14-18-15(21-19-14)12-8-7-11(17)9-10(12)2/h7-9,13H,6,17H2,1-5H3. The molecule has 0 amide bonds. The van der Waals surface area contributed by atoms with E-state index in [-0.39, 0.29) is 11.5 Å². The topological polar surface area (TPSA) is 74.2 Å². The molecule has 5 heteroatoms. The Kier molecular flexibility index (Phi) is 4.32. The van der Waals surface area contributed by atoms with Gasteiger partial charge in [0, 0.05) is 17.9 Å². The maximum atomic E-state index is 5.79. The molecule has 0 bridgehead atoms. The van der Waals surface area contributed by atoms with E-state index in [1.807, 2.05) is 32.0 Å². The van der Waals surface area contributed by atoms with E-state index < -0.39 is 0 Å². The number of hydrogen-bond acceptors (Lipinski definition) is 5. The molecule has 0 aliphatic rings. The van der Waals surface area contributed by atoms with E-state index >= 15 is 0 Å². The van der Waals surface area contributed by atoms with Crippen LogP contribution in [0.2, 0.25) is 0 Å². The van der Waals surface area contributed by atoms with Gasteiger partial charge < -0.3 is 15.0 Å². The van der Waals surface area contributed by atoms with Crippen LogP contribution in [0.4, 0.5) is 5.69 Å². The number of hydrogen-bond donors (Lipinski definition) is 1. The summed E-state index contributed by atoms with van der Waals surface area (Å²) >= 11 is 0. The first-order chi connectivity index (χ1) is 9.82. The Labute approximate surface area is 125 Å². The molecule has 1 aromatic carbocycles. The van der Waals surface area contributed by atoms with Crippen LogP contribution in [0.25, 0.3) is 11.5 Å². The third-order valence-electron chi connectivity index (χ3n) is 3.28. The van der Waals surface area contributed by atoms with Gasteiger partial charge in [-0.1, -0.05) is 25.9 Å². The monoisotopic (exact) mass is 289 g/mol. The number of nitrogens with two attached hydrogens (primary N) is 1. The number of anilines is 1. The molecule has 0 saturated heterocycles. The van der Waals surface area contributed by atoms with Crippen LogP contribution in [-0.2, 0) is 4.74 Å². The van der Waals surface area contributed by atoms with Gasteiger partial charge in [-0.05, 0) is 43.0 Å². The second-order valence-electron chi connectivity index (χ2n) is 6.23. The molecule has 2 rings (SSSR count). The van der Waals surface area contributed by atoms with Gasteiger partial charge in [0.1, 0.15) is 6.10 Å². The first-order valence-electron chi connectivity index (χ1n) is 7.14. The SMILES string of the molecule is CCOC(c1noc(-c2ccc(N)cc2C)n1)C(C)(C)C. The molecule has 1 unspecified atom stereocenters. The quantitative estimate of drug-likeness (QED) is 0.868. The Morgan fingerprint density at radius 1 is 1.33 bits per heavy atom. The number of nitrogen functional groups attached to an aromatic ring is 1. The van der Waals surface area contributed by atoms with Crippen LogP contribution >= 0.6 is 0 Å². The average molecular weight is 289 g/mol. The zero-order valence-electron chi connectivity index (χ0n) is 13.3. The smallest absolute Gasteiger partial charge is 0.258 e. The van der Waals surface area contributed by atoms with E-state index in [1.54, 1.807) is 0 Å². The van der Waals surface area contributed by atoms with Crippen molar-refractivity contribution in [3.8, 4) is 11.5 Å². The van der Waals surface area contributed by atoms with Gasteiger partial charge >= 0.3 is 0 Å². The molecule has 1 aromatic heterocycles. The summed E-state index contributed by atoms with van der Waals surface area (Å²) in [6, 6.07) is 5.62. The summed E-state index contributed by atoms with van der Waals surface area (Å²) in [7, 11) is 0. The van der Waals surface area contributed by atoms with Gasteiger partial charge in [0.15, 0.2) is 0 Å². The van der Waals surface area contributed by atoms with Gasteiger partial charge in [-0.2, -0.15) is 4.98 Å². The van der Waals surface area contributed by atoms with E-state index in [9.17, 15) is 0 Å². The van der Waals surface area contributed by atoms with Crippen LogP contribution in [0.1, 0.15) is 45.2 Å². The summed E-state index contributed by atoms with van der Waals surface area (Å²) in [4.78, 5) is 4.51. The van der Waals surface area contributed by atoms with Crippen LogP contribution in [0, 0.1) is 12.3 Å². The van der Waals surface area contributed by atoms with Crippen LogP contribution in [0.3, 0.4) is 0 Å². The van der Waals surface area contributed by atoms with Crippen molar-refractivity contribution in [2.75, 3.05) is 12.3 Å². The Morgan fingerprint density at radius 2 is 2.05 bits per heavy atom. The molecule has 1 heterocycles. The van der Waals surface area contributed by atoms with Crippen molar-refractivity contribution in [1.82, 2.24) is 10.1 Å². The van der Waals surface area contributed by atoms with Crippen molar-refractivity contribution in [3.63, 3.8) is 0 Å². The van der Waals surface area contributed by atoms with Crippen molar-refractivity contribution in [2.45, 2.75) is 40.7 Å². The van der Waals surface area contributed by atoms with Crippen molar-refractivity contribution >= 4 is 5.69 Å². The van der Waals surface area contributed by atoms with Crippen LogP contribution in [-0.4, -0.2) is 16.7 Å². The lowest BCUT2D eigenvalue weighted by Gasteiger charge is -2.27. The van der Waals surface area contributed by atoms with E-state index in [0.29, 0.717) is 18.3 Å². The number of benzene rings is 1. The third kappa shape index (κ3) is 3.42. The van der Waals surface area contributed by atoms with Gasteiger partial charge in [-0.15, -0.1) is 0 Å². The zero-order chi connectivity index (χ0) is 15.6. The Bertz CT molecular complexity index is 614. The van der Waals surface area contributed by atoms with Gasteiger partial charge in [-0.25, -0.2) is 0 Å². The van der Waals surface area contributed by atoms with Crippen molar-refractivity contribution in [3.05, 3.63) is 29.6 Å². The van der Waals surface area contributed by atoms with E-state index in [4.69, 9.17) is 15.0 Å². The minimum atomic E-state index is -0.200. The number of aromatic nitrogens is 2. The number of rotatable bonds is 4. The molecule has 114 valence electrons. The molecule has 5 nitrogen and oxygen atoms in total. The summed E-state index contributed by atoms with van der Waals surface area (Å²) in [5.74, 6) is 1.08. The van der Waals surface area contributed by atoms with Gasteiger partial charge in [0.05, 0.1) is 0 Å². The molecule has 0 spiro atoms. The lowest BCUT2D eigenvalue weighted by Crippen LogP contribution is -2.22. The molecular formula is C16H23N3O2. The second kappa shape index (κ2) is 5.85. The first kappa shape index (κ1) is 15.5. The van der Waals surface area contributed by atoms with Crippen LogP contribution in [0.5, 0.6) is 0 Å². The summed E-state index contributed by atoms with van der Waals surface area (Å²) in [6.07, 6.45) is -0.200. The van der Waals surface area contributed by atoms with Crippen LogP contribution < -0.4 is 5.73 Å². The highest BCUT2D eigenvalue weighted by Crippen LogP contribution is 2.35. The molecule has 0 fully saturated rings. The molecule has 2 aromatic rings. The lowest BCUT2D eigenvalue weighted by molar-refractivity contribution is -0.0203. The summed E-state index contributed by atoms with van der Waals surface area (Å²) in [6.45, 7) is 10.8. The van der Waals surface area contributed by atoms with Crippen molar-refractivity contribution in [2.24, 2.45) is 5.41 Å². The Morgan fingerprint density at radius 3 is 2.62 bits per heavy atom. The van der Waals surface area contributed by atoms with Crippen LogP contribution in [0.15, 0.2) is 22.7 Å². The number of aryl methyl sites for hydroxylation is 1. The highest BCUT2D eigenvalue weighted by molar-refractivity contribution is 5.62. The fraction of sp³-hybridized carbons (Fsp3) is 0.500. The molecule has 0 aliphatic carbocycles. The molecule has 21 heavy (non-hydrogen) atoms. The second-order valence-corrected chi connectivity index (χ2v) is 6.23. The fourth-order valence-corrected chi connectivity index (χ4v) is 2.26. The summed E-state index contributed by atoms with van der Waals surface area (Å²) in [5, 5.41) is 4.10. The predicted molar refractivity (Wildman–Crippen MR) is 82.7 cm³/mol.